The van der Waals surface area contributed by atoms with E-state index in [-0.39, 0.29) is 4.90 Å². The molecule has 0 unspecified atom stereocenters. The van der Waals surface area contributed by atoms with E-state index in [1.54, 1.807) is 60.7 Å². The molecule has 1 amide bonds. The first-order chi connectivity index (χ1) is 20.8. The summed E-state index contributed by atoms with van der Waals surface area (Å²) in [5.41, 5.74) is 4.40. The Hall–Kier alpha value is -4.35. The highest BCUT2D eigenvalue weighted by Crippen LogP contribution is 2.29. The molecule has 0 aliphatic rings. The molecule has 4 aromatic rings. The Kier molecular flexibility index (Phi) is 11.2. The normalized spacial score (nSPS) is 11.2. The van der Waals surface area contributed by atoms with E-state index in [1.165, 1.54) is 18.3 Å². The highest BCUT2D eigenvalue weighted by atomic mass is 79.9. The van der Waals surface area contributed by atoms with Crippen molar-refractivity contribution in [2.24, 2.45) is 5.10 Å². The van der Waals surface area contributed by atoms with Gasteiger partial charge in [-0.25, -0.2) is 13.8 Å². The monoisotopic (exact) mass is 665 g/mol. The molecule has 0 spiro atoms. The average Bonchev–Trinajstić information content (AvgIpc) is 3.01. The number of nitrogens with one attached hydrogen (secondary N) is 1. The van der Waals surface area contributed by atoms with Gasteiger partial charge in [0.05, 0.1) is 30.0 Å². The minimum Gasteiger partial charge on any atom is -0.494 e. The fourth-order valence-corrected chi connectivity index (χ4v) is 5.70. The van der Waals surface area contributed by atoms with Crippen LogP contribution in [0.15, 0.2) is 112 Å². The SMILES string of the molecule is CCOc1ccc(N(CC(=O)N/N=C\c2ccc(OCc3ccc(Br)cc3)c(OCC)c2)S(=O)(=O)c2ccccc2)cc1. The smallest absolute Gasteiger partial charge is 0.264 e. The van der Waals surface area contributed by atoms with Gasteiger partial charge in [-0.2, -0.15) is 5.10 Å². The molecule has 9 nitrogen and oxygen atoms in total. The highest BCUT2D eigenvalue weighted by Gasteiger charge is 2.27. The standard InChI is InChI=1S/C32H32BrN3O6S/c1-3-40-28-17-15-27(16-18-28)36(43(38,39)29-8-6-5-7-9-29)22-32(37)35-34-21-25-12-19-30(31(20-25)41-4-2)42-23-24-10-13-26(33)14-11-24/h5-21H,3-4,22-23H2,1-2H3,(H,35,37)/b34-21-. The molecular weight excluding hydrogens is 634 g/mol. The van der Waals surface area contributed by atoms with Crippen molar-refractivity contribution in [3.63, 3.8) is 0 Å². The van der Waals surface area contributed by atoms with Gasteiger partial charge in [-0.1, -0.05) is 46.3 Å². The summed E-state index contributed by atoms with van der Waals surface area (Å²) in [6, 6.07) is 27.6. The number of benzene rings is 4. The quantitative estimate of drug-likeness (QED) is 0.128. The van der Waals surface area contributed by atoms with Crippen LogP contribution in [-0.2, 0) is 21.4 Å². The molecule has 11 heteroatoms. The zero-order valence-corrected chi connectivity index (χ0v) is 26.2. The lowest BCUT2D eigenvalue weighted by molar-refractivity contribution is -0.119. The van der Waals surface area contributed by atoms with Gasteiger partial charge in [0, 0.05) is 4.47 Å². The number of carbonyl (C=O) groups is 1. The van der Waals surface area contributed by atoms with Gasteiger partial charge in [-0.15, -0.1) is 0 Å². The van der Waals surface area contributed by atoms with Crippen molar-refractivity contribution in [1.29, 1.82) is 0 Å². The van der Waals surface area contributed by atoms with E-state index in [0.717, 1.165) is 14.3 Å². The number of hydrogen-bond acceptors (Lipinski definition) is 7. The van der Waals surface area contributed by atoms with Crippen LogP contribution in [0.1, 0.15) is 25.0 Å². The van der Waals surface area contributed by atoms with E-state index < -0.39 is 22.5 Å². The Morgan fingerprint density at radius 1 is 0.860 bits per heavy atom. The first kappa shape index (κ1) is 31.6. The molecule has 0 fully saturated rings. The number of carbonyl (C=O) groups excluding carboxylic acids is 1. The first-order valence-electron chi connectivity index (χ1n) is 13.6. The van der Waals surface area contributed by atoms with E-state index in [1.807, 2.05) is 38.1 Å². The third-order valence-electron chi connectivity index (χ3n) is 6.03. The Morgan fingerprint density at radius 3 is 2.23 bits per heavy atom. The summed E-state index contributed by atoms with van der Waals surface area (Å²) in [7, 11) is -4.05. The third-order valence-corrected chi connectivity index (χ3v) is 8.35. The number of halogens is 1. The highest BCUT2D eigenvalue weighted by molar-refractivity contribution is 9.10. The molecule has 224 valence electrons. The maximum Gasteiger partial charge on any atom is 0.264 e. The predicted molar refractivity (Wildman–Crippen MR) is 170 cm³/mol. The Balaban J connectivity index is 1.46. The number of sulfonamides is 1. The van der Waals surface area contributed by atoms with E-state index in [2.05, 4.69) is 26.5 Å². The van der Waals surface area contributed by atoms with Gasteiger partial charge in [-0.3, -0.25) is 9.10 Å². The molecule has 43 heavy (non-hydrogen) atoms. The summed E-state index contributed by atoms with van der Waals surface area (Å²) in [4.78, 5) is 13.0. The van der Waals surface area contributed by atoms with Crippen LogP contribution in [0.3, 0.4) is 0 Å². The summed E-state index contributed by atoms with van der Waals surface area (Å²) in [5.74, 6) is 1.08. The van der Waals surface area contributed by atoms with Gasteiger partial charge in [0.1, 0.15) is 18.9 Å². The minimum absolute atomic E-state index is 0.0612. The van der Waals surface area contributed by atoms with Crippen molar-refractivity contribution in [3.05, 3.63) is 113 Å². The number of hydrogen-bond donors (Lipinski definition) is 1. The summed E-state index contributed by atoms with van der Waals surface area (Å²) in [6.45, 7) is 4.52. The van der Waals surface area contributed by atoms with Crippen LogP contribution < -0.4 is 23.9 Å². The Morgan fingerprint density at radius 2 is 1.56 bits per heavy atom. The van der Waals surface area contributed by atoms with Crippen LogP contribution in [0, 0.1) is 0 Å². The van der Waals surface area contributed by atoms with E-state index in [9.17, 15) is 13.2 Å². The van der Waals surface area contributed by atoms with Gasteiger partial charge in [0.2, 0.25) is 0 Å². The molecule has 4 rings (SSSR count). The number of nitrogens with zero attached hydrogens (tertiary/aromatic N) is 2. The Labute approximate surface area is 260 Å². The summed E-state index contributed by atoms with van der Waals surface area (Å²) < 4.78 is 46.2. The molecule has 0 heterocycles. The van der Waals surface area contributed by atoms with Crippen molar-refractivity contribution in [3.8, 4) is 17.2 Å². The van der Waals surface area contributed by atoms with Crippen molar-refractivity contribution >= 4 is 43.8 Å². The van der Waals surface area contributed by atoms with Gasteiger partial charge in [-0.05, 0) is 91.7 Å². The number of anilines is 1. The fraction of sp³-hybridized carbons (Fsp3) is 0.188. The molecule has 0 aromatic heterocycles. The maximum absolute atomic E-state index is 13.5. The number of amides is 1. The summed E-state index contributed by atoms with van der Waals surface area (Å²) >= 11 is 3.43. The predicted octanol–water partition coefficient (Wildman–Crippen LogP) is 6.17. The maximum atomic E-state index is 13.5. The van der Waals surface area contributed by atoms with Crippen LogP contribution in [-0.4, -0.2) is 40.3 Å². The topological polar surface area (TPSA) is 107 Å². The average molecular weight is 667 g/mol. The zero-order chi connectivity index (χ0) is 30.7. The van der Waals surface area contributed by atoms with Crippen molar-refractivity contribution < 1.29 is 27.4 Å². The second-order valence-corrected chi connectivity index (χ2v) is 11.9. The van der Waals surface area contributed by atoms with Gasteiger partial charge >= 0.3 is 0 Å². The van der Waals surface area contributed by atoms with Crippen LogP contribution in [0.25, 0.3) is 0 Å². The zero-order valence-electron chi connectivity index (χ0n) is 23.8. The largest absolute Gasteiger partial charge is 0.494 e. The van der Waals surface area contributed by atoms with Crippen LogP contribution in [0.4, 0.5) is 5.69 Å². The van der Waals surface area contributed by atoms with Crippen LogP contribution >= 0.6 is 15.9 Å². The molecule has 0 bridgehead atoms. The molecule has 0 saturated heterocycles. The second kappa shape index (κ2) is 15.2. The molecule has 0 saturated carbocycles. The van der Waals surface area contributed by atoms with Gasteiger partial charge in [0.25, 0.3) is 15.9 Å². The van der Waals surface area contributed by atoms with E-state index in [0.29, 0.717) is 48.3 Å². The molecule has 1 N–H and O–H groups in total. The number of ether oxygens (including phenoxy) is 3. The molecular formula is C32H32BrN3O6S. The minimum atomic E-state index is -4.05. The van der Waals surface area contributed by atoms with Crippen LogP contribution in [0.2, 0.25) is 0 Å². The van der Waals surface area contributed by atoms with Crippen molar-refractivity contribution in [2.75, 3.05) is 24.1 Å². The van der Waals surface area contributed by atoms with E-state index >= 15 is 0 Å². The Bertz CT molecular complexity index is 1630. The lowest BCUT2D eigenvalue weighted by atomic mass is 10.2. The van der Waals surface area contributed by atoms with Gasteiger partial charge in [0.15, 0.2) is 11.5 Å². The molecule has 0 aliphatic carbocycles. The van der Waals surface area contributed by atoms with Crippen molar-refractivity contribution in [1.82, 2.24) is 5.43 Å². The lowest BCUT2D eigenvalue weighted by Gasteiger charge is -2.24. The molecule has 0 atom stereocenters. The molecule has 0 radical (unpaired) electrons. The fourth-order valence-electron chi connectivity index (χ4n) is 3.99. The molecule has 0 aliphatic heterocycles. The third kappa shape index (κ3) is 8.82. The van der Waals surface area contributed by atoms with Crippen LogP contribution in [0.5, 0.6) is 17.2 Å². The summed E-state index contributed by atoms with van der Waals surface area (Å²) in [6.07, 6.45) is 1.45. The lowest BCUT2D eigenvalue weighted by Crippen LogP contribution is -2.39. The van der Waals surface area contributed by atoms with E-state index in [4.69, 9.17) is 14.2 Å². The number of hydrazone groups is 1. The van der Waals surface area contributed by atoms with Crippen molar-refractivity contribution in [2.45, 2.75) is 25.3 Å². The first-order valence-corrected chi connectivity index (χ1v) is 15.8. The number of rotatable bonds is 14. The molecule has 4 aromatic carbocycles. The second-order valence-electron chi connectivity index (χ2n) is 9.10. The van der Waals surface area contributed by atoms with Gasteiger partial charge < -0.3 is 14.2 Å². The summed E-state index contributed by atoms with van der Waals surface area (Å²) in [5, 5.41) is 4.05.